The lowest BCUT2D eigenvalue weighted by atomic mass is 10.1. The Bertz CT molecular complexity index is 1190. The van der Waals surface area contributed by atoms with E-state index in [1.54, 1.807) is 44.4 Å². The molecule has 0 unspecified atom stereocenters. The van der Waals surface area contributed by atoms with Crippen molar-refractivity contribution in [3.8, 4) is 22.8 Å². The average Bonchev–Trinajstić information content (AvgIpc) is 2.75. The van der Waals surface area contributed by atoms with E-state index in [0.29, 0.717) is 11.4 Å². The highest BCUT2D eigenvalue weighted by molar-refractivity contribution is 7.89. The van der Waals surface area contributed by atoms with Gasteiger partial charge in [0.25, 0.3) is 5.56 Å². The summed E-state index contributed by atoms with van der Waals surface area (Å²) in [4.78, 5) is 12.2. The number of benzene rings is 2. The van der Waals surface area contributed by atoms with Gasteiger partial charge in [-0.25, -0.2) is 17.8 Å². The molecule has 9 heteroatoms. The maximum absolute atomic E-state index is 12.7. The first kappa shape index (κ1) is 21.5. The number of hydrogen-bond donors (Lipinski definition) is 1. The number of aryl methyl sites for hydroxylation is 1. The molecule has 3 aromatic rings. The molecule has 0 aliphatic rings. The van der Waals surface area contributed by atoms with Gasteiger partial charge in [0.2, 0.25) is 10.0 Å². The molecule has 0 aliphatic heterocycles. The van der Waals surface area contributed by atoms with Gasteiger partial charge in [0.15, 0.2) is 0 Å². The molecule has 1 aromatic heterocycles. The molecule has 2 aromatic carbocycles. The van der Waals surface area contributed by atoms with Crippen LogP contribution in [0.4, 0.5) is 0 Å². The van der Waals surface area contributed by atoms with Crippen LogP contribution < -0.4 is 19.8 Å². The normalized spacial score (nSPS) is 11.3. The largest absolute Gasteiger partial charge is 0.497 e. The first-order valence-corrected chi connectivity index (χ1v) is 10.7. The first-order chi connectivity index (χ1) is 14.3. The lowest BCUT2D eigenvalue weighted by Crippen LogP contribution is -2.32. The minimum Gasteiger partial charge on any atom is -0.497 e. The second-order valence-electron chi connectivity index (χ2n) is 6.56. The van der Waals surface area contributed by atoms with Crippen molar-refractivity contribution in [1.29, 1.82) is 0 Å². The Balaban J connectivity index is 1.76. The Morgan fingerprint density at radius 2 is 1.73 bits per heavy atom. The van der Waals surface area contributed by atoms with Gasteiger partial charge in [-0.3, -0.25) is 4.79 Å². The number of rotatable bonds is 8. The van der Waals surface area contributed by atoms with Crippen LogP contribution in [0.15, 0.2) is 64.3 Å². The summed E-state index contributed by atoms with van der Waals surface area (Å²) in [6.07, 6.45) is 0. The van der Waals surface area contributed by atoms with Gasteiger partial charge in [0.1, 0.15) is 16.4 Å². The van der Waals surface area contributed by atoms with Crippen LogP contribution in [0.5, 0.6) is 11.5 Å². The zero-order valence-electron chi connectivity index (χ0n) is 17.0. The molecular formula is C21H23N3O5S. The smallest absolute Gasteiger partial charge is 0.266 e. The van der Waals surface area contributed by atoms with E-state index in [1.165, 1.54) is 23.9 Å². The van der Waals surface area contributed by atoms with Gasteiger partial charge in [0, 0.05) is 18.2 Å². The summed E-state index contributed by atoms with van der Waals surface area (Å²) in [5.74, 6) is 0.970. The summed E-state index contributed by atoms with van der Waals surface area (Å²) in [6, 6.07) is 15.2. The van der Waals surface area contributed by atoms with Crippen molar-refractivity contribution < 1.29 is 17.9 Å². The topological polar surface area (TPSA) is 99.5 Å². The van der Waals surface area contributed by atoms with E-state index in [0.717, 1.165) is 11.1 Å². The zero-order valence-corrected chi connectivity index (χ0v) is 17.8. The highest BCUT2D eigenvalue weighted by Gasteiger charge is 2.19. The molecule has 0 atom stereocenters. The Labute approximate surface area is 175 Å². The Morgan fingerprint density at radius 1 is 1.00 bits per heavy atom. The van der Waals surface area contributed by atoms with E-state index < -0.39 is 10.0 Å². The fourth-order valence-electron chi connectivity index (χ4n) is 2.88. The average molecular weight is 429 g/mol. The van der Waals surface area contributed by atoms with Crippen molar-refractivity contribution in [2.24, 2.45) is 0 Å². The van der Waals surface area contributed by atoms with E-state index in [1.807, 2.05) is 12.1 Å². The summed E-state index contributed by atoms with van der Waals surface area (Å²) in [5.41, 5.74) is 1.89. The Kier molecular flexibility index (Phi) is 6.53. The van der Waals surface area contributed by atoms with Crippen molar-refractivity contribution in [2.75, 3.05) is 20.8 Å². The predicted molar refractivity (Wildman–Crippen MR) is 113 cm³/mol. The van der Waals surface area contributed by atoms with Crippen molar-refractivity contribution in [3.63, 3.8) is 0 Å². The first-order valence-electron chi connectivity index (χ1n) is 9.21. The van der Waals surface area contributed by atoms with Gasteiger partial charge < -0.3 is 9.47 Å². The maximum atomic E-state index is 12.7. The number of ether oxygens (including phenoxy) is 2. The Morgan fingerprint density at radius 3 is 2.40 bits per heavy atom. The molecule has 1 N–H and O–H groups in total. The second-order valence-corrected chi connectivity index (χ2v) is 8.30. The maximum Gasteiger partial charge on any atom is 0.266 e. The molecular weight excluding hydrogens is 406 g/mol. The molecule has 0 saturated carbocycles. The molecule has 0 aliphatic carbocycles. The molecule has 1 heterocycles. The van der Waals surface area contributed by atoms with Gasteiger partial charge in [-0.2, -0.15) is 5.10 Å². The molecule has 0 fully saturated rings. The van der Waals surface area contributed by atoms with Crippen LogP contribution in [0.2, 0.25) is 0 Å². The van der Waals surface area contributed by atoms with Crippen LogP contribution in [0.3, 0.4) is 0 Å². The zero-order chi connectivity index (χ0) is 21.7. The third kappa shape index (κ3) is 4.87. The summed E-state index contributed by atoms with van der Waals surface area (Å²) >= 11 is 0. The Hall–Kier alpha value is -3.17. The van der Waals surface area contributed by atoms with E-state index >= 15 is 0 Å². The van der Waals surface area contributed by atoms with Crippen LogP contribution in [0.1, 0.15) is 5.56 Å². The van der Waals surface area contributed by atoms with E-state index in [-0.39, 0.29) is 29.3 Å². The number of aromatic nitrogens is 2. The summed E-state index contributed by atoms with van der Waals surface area (Å²) in [7, 11) is -0.812. The molecule has 0 spiro atoms. The number of sulfonamides is 1. The number of nitrogens with zero attached hydrogens (tertiary/aromatic N) is 2. The SMILES string of the molecule is COc1ccc(-c2ccc(=O)n(CCNS(=O)(=O)c3cc(C)ccc3OC)n2)cc1. The standard InChI is InChI=1S/C21H23N3O5S/c1-15-4-10-19(29-3)20(14-15)30(26,27)22-12-13-24-21(25)11-9-18(23-24)16-5-7-17(28-2)8-6-16/h4-11,14,22H,12-13H2,1-3H3. The minimum absolute atomic E-state index is 0.00159. The summed E-state index contributed by atoms with van der Waals surface area (Å²) in [5, 5.41) is 4.34. The van der Waals surface area contributed by atoms with E-state index in [4.69, 9.17) is 9.47 Å². The van der Waals surface area contributed by atoms with E-state index in [2.05, 4.69) is 9.82 Å². The fraction of sp³-hybridized carbons (Fsp3) is 0.238. The molecule has 0 saturated heterocycles. The van der Waals surface area contributed by atoms with Crippen LogP contribution in [0.25, 0.3) is 11.3 Å². The lowest BCUT2D eigenvalue weighted by molar-refractivity contribution is 0.402. The molecule has 30 heavy (non-hydrogen) atoms. The van der Waals surface area contributed by atoms with Gasteiger partial charge in [-0.15, -0.1) is 0 Å². The van der Waals surface area contributed by atoms with Crippen molar-refractivity contribution in [3.05, 3.63) is 70.5 Å². The van der Waals surface area contributed by atoms with Gasteiger partial charge >= 0.3 is 0 Å². The number of nitrogens with one attached hydrogen (secondary N) is 1. The quantitative estimate of drug-likeness (QED) is 0.589. The third-order valence-electron chi connectivity index (χ3n) is 4.48. The van der Waals surface area contributed by atoms with E-state index in [9.17, 15) is 13.2 Å². The van der Waals surface area contributed by atoms with Gasteiger partial charge in [-0.1, -0.05) is 6.07 Å². The van der Waals surface area contributed by atoms with Crippen molar-refractivity contribution in [1.82, 2.24) is 14.5 Å². The highest BCUT2D eigenvalue weighted by Crippen LogP contribution is 2.24. The summed E-state index contributed by atoms with van der Waals surface area (Å²) < 4.78 is 39.4. The second kappa shape index (κ2) is 9.10. The van der Waals surface area contributed by atoms with Crippen molar-refractivity contribution >= 4 is 10.0 Å². The third-order valence-corrected chi connectivity index (χ3v) is 5.96. The predicted octanol–water partition coefficient (Wildman–Crippen LogP) is 2.21. The molecule has 158 valence electrons. The number of hydrogen-bond acceptors (Lipinski definition) is 6. The molecule has 8 nitrogen and oxygen atoms in total. The molecule has 3 rings (SSSR count). The minimum atomic E-state index is -3.81. The fourth-order valence-corrected chi connectivity index (χ4v) is 4.16. The van der Waals surface area contributed by atoms with Crippen molar-refractivity contribution in [2.45, 2.75) is 18.4 Å². The van der Waals surface area contributed by atoms with Gasteiger partial charge in [0.05, 0.1) is 26.5 Å². The molecule has 0 amide bonds. The number of methoxy groups -OCH3 is 2. The lowest BCUT2D eigenvalue weighted by Gasteiger charge is -2.12. The summed E-state index contributed by atoms with van der Waals surface area (Å²) in [6.45, 7) is 1.88. The van der Waals surface area contributed by atoms with Crippen LogP contribution >= 0.6 is 0 Å². The van der Waals surface area contributed by atoms with Crippen LogP contribution in [-0.4, -0.2) is 39.0 Å². The van der Waals surface area contributed by atoms with Crippen LogP contribution in [-0.2, 0) is 16.6 Å². The van der Waals surface area contributed by atoms with Crippen LogP contribution in [0, 0.1) is 6.92 Å². The monoisotopic (exact) mass is 429 g/mol. The molecule has 0 bridgehead atoms. The molecule has 0 radical (unpaired) electrons. The highest BCUT2D eigenvalue weighted by atomic mass is 32.2. The van der Waals surface area contributed by atoms with Gasteiger partial charge in [-0.05, 0) is 55.0 Å².